The minimum absolute atomic E-state index is 0.152. The Labute approximate surface area is 87.5 Å². The van der Waals surface area contributed by atoms with Gasteiger partial charge in [0.25, 0.3) is 0 Å². The van der Waals surface area contributed by atoms with Gasteiger partial charge < -0.3 is 10.2 Å². The first-order valence-corrected chi connectivity index (χ1v) is 4.97. The number of aliphatic hydroxyl groups is 1. The Bertz CT molecular complexity index is 274. The highest BCUT2D eigenvalue weighted by Gasteiger charge is 2.08. The third-order valence-corrected chi connectivity index (χ3v) is 2.73. The average molecular weight is 296 g/mol. The molecule has 0 aliphatic heterocycles. The Hall–Kier alpha value is -0.0600. The van der Waals surface area contributed by atoms with Crippen LogP contribution in [0, 0.1) is 0 Å². The smallest absolute Gasteiger partial charge is 0.143 e. The van der Waals surface area contributed by atoms with E-state index in [4.69, 9.17) is 0 Å². The van der Waals surface area contributed by atoms with Gasteiger partial charge in [0.2, 0.25) is 0 Å². The minimum atomic E-state index is -0.529. The Kier molecular flexibility index (Phi) is 3.15. The zero-order valence-electron chi connectivity index (χ0n) is 6.38. The topological polar surface area (TPSA) is 40.5 Å². The van der Waals surface area contributed by atoms with E-state index >= 15 is 0 Å². The highest BCUT2D eigenvalue weighted by atomic mass is 79.9. The van der Waals surface area contributed by atoms with Crippen molar-refractivity contribution in [2.75, 3.05) is 0 Å². The van der Waals surface area contributed by atoms with Crippen LogP contribution in [0.1, 0.15) is 18.6 Å². The number of hydrogen-bond donors (Lipinski definition) is 2. The van der Waals surface area contributed by atoms with Crippen molar-refractivity contribution in [3.05, 3.63) is 26.6 Å². The second-order valence-corrected chi connectivity index (χ2v) is 4.22. The summed E-state index contributed by atoms with van der Waals surface area (Å²) in [4.78, 5) is 0. The van der Waals surface area contributed by atoms with Gasteiger partial charge in [-0.05, 0) is 56.5 Å². The van der Waals surface area contributed by atoms with E-state index in [1.165, 1.54) is 0 Å². The average Bonchev–Trinajstić information content (AvgIpc) is 1.99. The van der Waals surface area contributed by atoms with E-state index in [1.807, 2.05) is 0 Å². The summed E-state index contributed by atoms with van der Waals surface area (Å²) in [7, 11) is 0. The van der Waals surface area contributed by atoms with Crippen LogP contribution in [0.3, 0.4) is 0 Å². The maximum atomic E-state index is 9.34. The van der Waals surface area contributed by atoms with Gasteiger partial charge >= 0.3 is 0 Å². The molecule has 0 bridgehead atoms. The number of hydrogen-bond acceptors (Lipinski definition) is 2. The van der Waals surface area contributed by atoms with Gasteiger partial charge in [-0.3, -0.25) is 0 Å². The molecule has 4 heteroatoms. The zero-order chi connectivity index (χ0) is 9.30. The number of benzene rings is 1. The van der Waals surface area contributed by atoms with Crippen molar-refractivity contribution in [2.24, 2.45) is 0 Å². The molecular weight excluding hydrogens is 288 g/mol. The fourth-order valence-corrected chi connectivity index (χ4v) is 2.05. The normalized spacial score (nSPS) is 13.0. The molecule has 1 rings (SSSR count). The lowest BCUT2D eigenvalue weighted by molar-refractivity contribution is 0.199. The number of phenolic OH excluding ortho intramolecular Hbond substituents is 1. The number of aromatic hydroxyl groups is 1. The Balaban J connectivity index is 3.21. The largest absolute Gasteiger partial charge is 0.506 e. The van der Waals surface area contributed by atoms with Crippen molar-refractivity contribution in [1.82, 2.24) is 0 Å². The number of phenols is 1. The van der Waals surface area contributed by atoms with Gasteiger partial charge in [0, 0.05) is 0 Å². The molecule has 0 aromatic heterocycles. The van der Waals surface area contributed by atoms with Gasteiger partial charge in [0.15, 0.2) is 0 Å². The SMILES string of the molecule is CC(O)c1cc(Br)c(O)c(Br)c1. The van der Waals surface area contributed by atoms with E-state index in [0.29, 0.717) is 8.95 Å². The summed E-state index contributed by atoms with van der Waals surface area (Å²) in [5.41, 5.74) is 0.756. The molecule has 1 atom stereocenters. The lowest BCUT2D eigenvalue weighted by Gasteiger charge is -2.07. The number of aliphatic hydroxyl groups excluding tert-OH is 1. The molecule has 12 heavy (non-hydrogen) atoms. The standard InChI is InChI=1S/C8H8Br2O2/c1-4(11)5-2-6(9)8(12)7(10)3-5/h2-4,11-12H,1H3. The fraction of sp³-hybridized carbons (Fsp3) is 0.250. The molecule has 1 aromatic carbocycles. The van der Waals surface area contributed by atoms with Crippen LogP contribution in [0.2, 0.25) is 0 Å². The highest BCUT2D eigenvalue weighted by molar-refractivity contribution is 9.11. The van der Waals surface area contributed by atoms with Crippen LogP contribution < -0.4 is 0 Å². The second-order valence-electron chi connectivity index (χ2n) is 2.51. The number of halogens is 2. The van der Waals surface area contributed by atoms with Crippen molar-refractivity contribution in [3.63, 3.8) is 0 Å². The predicted molar refractivity (Wildman–Crippen MR) is 54.1 cm³/mol. The molecule has 0 aliphatic rings. The van der Waals surface area contributed by atoms with Gasteiger partial charge in [-0.25, -0.2) is 0 Å². The summed E-state index contributed by atoms with van der Waals surface area (Å²) >= 11 is 6.35. The van der Waals surface area contributed by atoms with Crippen LogP contribution in [-0.4, -0.2) is 10.2 Å². The Morgan fingerprint density at radius 3 is 2.00 bits per heavy atom. The Morgan fingerprint density at radius 2 is 1.67 bits per heavy atom. The maximum absolute atomic E-state index is 9.34. The first kappa shape index (κ1) is 10.0. The molecule has 0 saturated heterocycles. The summed E-state index contributed by atoms with van der Waals surface area (Å²) in [6.45, 7) is 1.67. The van der Waals surface area contributed by atoms with Crippen LogP contribution in [0.15, 0.2) is 21.1 Å². The van der Waals surface area contributed by atoms with Gasteiger partial charge in [-0.15, -0.1) is 0 Å². The molecule has 0 saturated carbocycles. The molecule has 1 aromatic rings. The van der Waals surface area contributed by atoms with Crippen LogP contribution in [0.25, 0.3) is 0 Å². The van der Waals surface area contributed by atoms with Crippen molar-refractivity contribution >= 4 is 31.9 Å². The van der Waals surface area contributed by atoms with Crippen LogP contribution in [0.4, 0.5) is 0 Å². The molecule has 0 spiro atoms. The van der Waals surface area contributed by atoms with E-state index in [2.05, 4.69) is 31.9 Å². The quantitative estimate of drug-likeness (QED) is 0.836. The van der Waals surface area contributed by atoms with Crippen molar-refractivity contribution < 1.29 is 10.2 Å². The van der Waals surface area contributed by atoms with Gasteiger partial charge in [0.05, 0.1) is 15.0 Å². The summed E-state index contributed by atoms with van der Waals surface area (Å²) in [5.74, 6) is 0.152. The van der Waals surface area contributed by atoms with E-state index in [-0.39, 0.29) is 5.75 Å². The summed E-state index contributed by atoms with van der Waals surface area (Å²) in [6.07, 6.45) is -0.529. The molecule has 0 amide bonds. The Morgan fingerprint density at radius 1 is 1.25 bits per heavy atom. The van der Waals surface area contributed by atoms with Gasteiger partial charge in [-0.1, -0.05) is 0 Å². The third-order valence-electron chi connectivity index (χ3n) is 1.52. The van der Waals surface area contributed by atoms with E-state index in [0.717, 1.165) is 5.56 Å². The third kappa shape index (κ3) is 2.00. The molecule has 1 unspecified atom stereocenters. The summed E-state index contributed by atoms with van der Waals surface area (Å²) < 4.78 is 1.15. The lowest BCUT2D eigenvalue weighted by Crippen LogP contribution is -1.90. The van der Waals surface area contributed by atoms with Crippen molar-refractivity contribution in [1.29, 1.82) is 0 Å². The fourth-order valence-electron chi connectivity index (χ4n) is 0.826. The van der Waals surface area contributed by atoms with Crippen LogP contribution in [0.5, 0.6) is 5.75 Å². The molecular formula is C8H8Br2O2. The second kappa shape index (κ2) is 3.77. The van der Waals surface area contributed by atoms with Crippen LogP contribution in [-0.2, 0) is 0 Å². The van der Waals surface area contributed by atoms with E-state index in [1.54, 1.807) is 19.1 Å². The summed E-state index contributed by atoms with van der Waals surface area (Å²) in [5, 5.41) is 18.6. The van der Waals surface area contributed by atoms with Gasteiger partial charge in [-0.2, -0.15) is 0 Å². The van der Waals surface area contributed by atoms with Crippen molar-refractivity contribution in [2.45, 2.75) is 13.0 Å². The summed E-state index contributed by atoms with van der Waals surface area (Å²) in [6, 6.07) is 3.37. The molecule has 2 nitrogen and oxygen atoms in total. The van der Waals surface area contributed by atoms with Gasteiger partial charge in [0.1, 0.15) is 5.75 Å². The molecule has 2 N–H and O–H groups in total. The minimum Gasteiger partial charge on any atom is -0.506 e. The monoisotopic (exact) mass is 294 g/mol. The first-order valence-electron chi connectivity index (χ1n) is 3.38. The van der Waals surface area contributed by atoms with E-state index < -0.39 is 6.10 Å². The highest BCUT2D eigenvalue weighted by Crippen LogP contribution is 2.34. The van der Waals surface area contributed by atoms with Crippen LogP contribution >= 0.6 is 31.9 Å². The number of rotatable bonds is 1. The molecule has 0 fully saturated rings. The van der Waals surface area contributed by atoms with Crippen molar-refractivity contribution in [3.8, 4) is 5.75 Å². The molecule has 66 valence electrons. The molecule has 0 aliphatic carbocycles. The predicted octanol–water partition coefficient (Wildman–Crippen LogP) is 2.97. The lowest BCUT2D eigenvalue weighted by atomic mass is 10.1. The molecule has 0 radical (unpaired) electrons. The molecule has 0 heterocycles. The first-order chi connectivity index (χ1) is 5.52. The maximum Gasteiger partial charge on any atom is 0.143 e. The van der Waals surface area contributed by atoms with E-state index in [9.17, 15) is 10.2 Å². The zero-order valence-corrected chi connectivity index (χ0v) is 9.55.